The highest BCUT2D eigenvalue weighted by molar-refractivity contribution is 5.56. The van der Waals surface area contributed by atoms with Gasteiger partial charge >= 0.3 is 0 Å². The molecule has 4 nitrogen and oxygen atoms in total. The van der Waals surface area contributed by atoms with Gasteiger partial charge in [-0.2, -0.15) is 0 Å². The highest BCUT2D eigenvalue weighted by Gasteiger charge is 2.07. The average Bonchev–Trinajstić information content (AvgIpc) is 1.65. The maximum Gasteiger partial charge on any atom is 0.267 e. The minimum Gasteiger partial charge on any atom is -0.296 e. The fraction of sp³-hybridized carbons (Fsp3) is 0.333. The van der Waals surface area contributed by atoms with Gasteiger partial charge in [-0.3, -0.25) is 14.9 Å². The van der Waals surface area contributed by atoms with Crippen molar-refractivity contribution in [2.75, 3.05) is 0 Å². The Kier molecular flexibility index (Phi) is 1.98. The van der Waals surface area contributed by atoms with Crippen molar-refractivity contribution in [3.63, 3.8) is 0 Å². The highest BCUT2D eigenvalue weighted by Crippen LogP contribution is 1.77. The Morgan fingerprint density at radius 1 is 1.86 bits per heavy atom. The number of hydrogen-bond donors (Lipinski definition) is 0. The molecule has 0 aromatic heterocycles. The molecule has 0 spiro atoms. The normalized spacial score (nSPS) is 12.7. The zero-order valence-electron chi connectivity index (χ0n) is 3.53. The molecule has 0 aliphatic heterocycles. The summed E-state index contributed by atoms with van der Waals surface area (Å²) in [5.41, 5.74) is 0. The monoisotopic (exact) mass is 102 g/mol. The molecular weight excluding hydrogens is 98.0 g/mol. The van der Waals surface area contributed by atoms with E-state index in [1.807, 2.05) is 0 Å². The number of rotatable bonds is 2. The van der Waals surface area contributed by atoms with Gasteiger partial charge in [0, 0.05) is 11.8 Å². The van der Waals surface area contributed by atoms with Gasteiger partial charge in [-0.1, -0.05) is 0 Å². The molecule has 0 N–H and O–H groups in total. The lowest BCUT2D eigenvalue weighted by Crippen LogP contribution is -2.15. The fourth-order valence-corrected chi connectivity index (χ4v) is 0.0497. The summed E-state index contributed by atoms with van der Waals surface area (Å²) >= 11 is 0. The molecule has 1 radical (unpaired) electrons. The maximum absolute atomic E-state index is 9.44. The summed E-state index contributed by atoms with van der Waals surface area (Å²) in [6.45, 7) is 2.89. The van der Waals surface area contributed by atoms with Crippen LogP contribution in [0.25, 0.3) is 0 Å². The van der Waals surface area contributed by atoms with E-state index in [9.17, 15) is 14.9 Å². The van der Waals surface area contributed by atoms with Crippen LogP contribution in [0.15, 0.2) is 0 Å². The molecule has 0 aromatic rings. The maximum atomic E-state index is 9.44. The number of nitro groups is 1. The summed E-state index contributed by atoms with van der Waals surface area (Å²) in [7, 11) is 0. The smallest absolute Gasteiger partial charge is 0.267 e. The van der Waals surface area contributed by atoms with E-state index < -0.39 is 11.0 Å². The summed E-state index contributed by atoms with van der Waals surface area (Å²) < 4.78 is 0. The topological polar surface area (TPSA) is 60.2 Å². The lowest BCUT2D eigenvalue weighted by atomic mass is 10.4. The third-order valence-electron chi connectivity index (χ3n) is 0.428. The molecule has 0 aromatic carbocycles. The van der Waals surface area contributed by atoms with Crippen LogP contribution in [0.4, 0.5) is 0 Å². The van der Waals surface area contributed by atoms with Crippen LogP contribution in [-0.2, 0) is 4.79 Å². The van der Waals surface area contributed by atoms with Crippen LogP contribution < -0.4 is 0 Å². The van der Waals surface area contributed by atoms with Crippen molar-refractivity contribution in [1.82, 2.24) is 0 Å². The first kappa shape index (κ1) is 6.07. The number of carbonyl (C=O) groups is 1. The van der Waals surface area contributed by atoms with Crippen LogP contribution in [0.1, 0.15) is 0 Å². The van der Waals surface area contributed by atoms with Crippen molar-refractivity contribution in [2.24, 2.45) is 0 Å². The fourth-order valence-electron chi connectivity index (χ4n) is 0.0497. The predicted octanol–water partition coefficient (Wildman–Crippen LogP) is -0.335. The second-order valence-electron chi connectivity index (χ2n) is 0.989. The van der Waals surface area contributed by atoms with Gasteiger partial charge in [-0.25, -0.2) is 0 Å². The molecule has 1 atom stereocenters. The lowest BCUT2D eigenvalue weighted by molar-refractivity contribution is -0.493. The van der Waals surface area contributed by atoms with Crippen molar-refractivity contribution in [1.29, 1.82) is 0 Å². The van der Waals surface area contributed by atoms with E-state index in [1.165, 1.54) is 0 Å². The number of carbonyl (C=O) groups excluding carboxylic acids is 1. The van der Waals surface area contributed by atoms with Crippen molar-refractivity contribution in [3.05, 3.63) is 17.0 Å². The van der Waals surface area contributed by atoms with Crippen LogP contribution in [-0.4, -0.2) is 17.3 Å². The molecule has 0 saturated carbocycles. The van der Waals surface area contributed by atoms with Crippen molar-refractivity contribution in [3.8, 4) is 0 Å². The zero-order valence-corrected chi connectivity index (χ0v) is 3.53. The third kappa shape index (κ3) is 1.86. The Hall–Kier alpha value is -0.930. The van der Waals surface area contributed by atoms with Gasteiger partial charge < -0.3 is 0 Å². The van der Waals surface area contributed by atoms with E-state index >= 15 is 0 Å². The minimum absolute atomic E-state index is 0.181. The van der Waals surface area contributed by atoms with Crippen LogP contribution in [0, 0.1) is 17.0 Å². The second kappa shape index (κ2) is 2.28. The van der Waals surface area contributed by atoms with E-state index in [4.69, 9.17) is 0 Å². The summed E-state index contributed by atoms with van der Waals surface area (Å²) in [5.74, 6) is 0. The summed E-state index contributed by atoms with van der Waals surface area (Å²) in [4.78, 5) is 18.1. The van der Waals surface area contributed by atoms with Gasteiger partial charge in [0.05, 0.1) is 0 Å². The van der Waals surface area contributed by atoms with E-state index in [0.29, 0.717) is 0 Å². The van der Waals surface area contributed by atoms with Gasteiger partial charge in [-0.15, -0.1) is 0 Å². The quantitative estimate of drug-likeness (QED) is 0.272. The number of aldehydes is 1. The molecule has 0 saturated heterocycles. The van der Waals surface area contributed by atoms with E-state index in [2.05, 4.69) is 6.92 Å². The van der Waals surface area contributed by atoms with Gasteiger partial charge in [0.25, 0.3) is 6.04 Å². The molecule has 0 aliphatic rings. The van der Waals surface area contributed by atoms with E-state index in [1.54, 1.807) is 0 Å². The molecular formula is C3H4NO3. The largest absolute Gasteiger partial charge is 0.296 e. The van der Waals surface area contributed by atoms with Crippen LogP contribution >= 0.6 is 0 Å². The summed E-state index contributed by atoms with van der Waals surface area (Å²) in [5, 5.41) is 9.44. The Bertz CT molecular complexity index is 90.2. The molecule has 0 rings (SSSR count). The van der Waals surface area contributed by atoms with Crippen LogP contribution in [0.3, 0.4) is 0 Å². The highest BCUT2D eigenvalue weighted by atomic mass is 16.6. The minimum atomic E-state index is -1.31. The first-order valence-electron chi connectivity index (χ1n) is 1.60. The molecule has 39 valence electrons. The Labute approximate surface area is 40.3 Å². The Balaban J connectivity index is 3.55. The Morgan fingerprint density at radius 2 is 2.29 bits per heavy atom. The van der Waals surface area contributed by atoms with Crippen molar-refractivity contribution < 1.29 is 9.72 Å². The van der Waals surface area contributed by atoms with Crippen molar-refractivity contribution >= 4 is 6.29 Å². The molecule has 0 fully saturated rings. The number of hydrogen-bond acceptors (Lipinski definition) is 3. The third-order valence-corrected chi connectivity index (χ3v) is 0.428. The predicted molar refractivity (Wildman–Crippen MR) is 22.2 cm³/mol. The average molecular weight is 102 g/mol. The van der Waals surface area contributed by atoms with Crippen LogP contribution in [0.5, 0.6) is 0 Å². The van der Waals surface area contributed by atoms with Gasteiger partial charge in [0.1, 0.15) is 0 Å². The molecule has 0 bridgehead atoms. The summed E-state index contributed by atoms with van der Waals surface area (Å²) in [6.07, 6.45) is 0.181. The first-order chi connectivity index (χ1) is 3.18. The number of nitrogens with zero attached hydrogens (tertiary/aromatic N) is 1. The van der Waals surface area contributed by atoms with Crippen molar-refractivity contribution in [2.45, 2.75) is 6.04 Å². The van der Waals surface area contributed by atoms with Gasteiger partial charge in [-0.05, 0) is 0 Å². The molecule has 0 heterocycles. The van der Waals surface area contributed by atoms with E-state index in [0.717, 1.165) is 0 Å². The van der Waals surface area contributed by atoms with Gasteiger partial charge in [0.2, 0.25) is 0 Å². The molecule has 7 heavy (non-hydrogen) atoms. The van der Waals surface area contributed by atoms with Gasteiger partial charge in [0.15, 0.2) is 6.29 Å². The second-order valence-corrected chi connectivity index (χ2v) is 0.989. The molecule has 4 heteroatoms. The standard InChI is InChI=1S/C3H4NO3/c1-3(2-5)4(6)7/h2-3H,1H2. The van der Waals surface area contributed by atoms with Crippen LogP contribution in [0.2, 0.25) is 0 Å². The molecule has 0 aliphatic carbocycles. The first-order valence-corrected chi connectivity index (χ1v) is 1.60. The lowest BCUT2D eigenvalue weighted by Gasteiger charge is -1.87. The Morgan fingerprint density at radius 3 is 2.29 bits per heavy atom. The zero-order chi connectivity index (χ0) is 5.86. The van der Waals surface area contributed by atoms with E-state index in [-0.39, 0.29) is 6.29 Å². The molecule has 1 unspecified atom stereocenters. The molecule has 0 amide bonds. The SMILES string of the molecule is [CH2]C(C=O)[N+](=O)[O-]. The summed E-state index contributed by atoms with van der Waals surface area (Å²) in [6, 6.07) is -1.31.